The maximum Gasteiger partial charge on any atom is 0.253 e. The fraction of sp³-hybridized carbons (Fsp3) is 0.375. The fourth-order valence-electron chi connectivity index (χ4n) is 4.27. The molecule has 5 nitrogen and oxygen atoms in total. The number of carbonyl (C=O) groups is 1. The van der Waals surface area contributed by atoms with Crippen LogP contribution in [0, 0.1) is 0 Å². The van der Waals surface area contributed by atoms with Crippen molar-refractivity contribution < 1.29 is 27.0 Å². The van der Waals surface area contributed by atoms with Gasteiger partial charge in [-0.15, -0.1) is 0 Å². The monoisotopic (exact) mass is 427 g/mol. The molecule has 0 radical (unpaired) electrons. The van der Waals surface area contributed by atoms with E-state index in [-0.39, 0.29) is 29.7 Å². The third kappa shape index (κ3) is 4.05. The molecule has 2 heterocycles. The van der Waals surface area contributed by atoms with E-state index in [4.69, 9.17) is 4.74 Å². The highest BCUT2D eigenvalue weighted by Crippen LogP contribution is 2.46. The Morgan fingerprint density at radius 1 is 1.10 bits per heavy atom. The molecule has 0 saturated carbocycles. The van der Waals surface area contributed by atoms with Gasteiger partial charge in [0.2, 0.25) is 0 Å². The summed E-state index contributed by atoms with van der Waals surface area (Å²) in [5.74, 6) is 0.967. The lowest BCUT2D eigenvalue weighted by Gasteiger charge is -2.40. The number of nitrogens with one attached hydrogen (secondary N) is 1. The van der Waals surface area contributed by atoms with Gasteiger partial charge in [0, 0.05) is 31.5 Å². The van der Waals surface area contributed by atoms with E-state index in [0.717, 1.165) is 42.6 Å². The second-order valence-electron chi connectivity index (χ2n) is 7.68. The predicted octanol–water partition coefficient (Wildman–Crippen LogP) is 0.825. The van der Waals surface area contributed by atoms with Crippen LogP contribution in [0.1, 0.15) is 48.2 Å². The van der Waals surface area contributed by atoms with Gasteiger partial charge in [-0.2, -0.15) is 0 Å². The van der Waals surface area contributed by atoms with Crippen molar-refractivity contribution in [1.82, 2.24) is 10.2 Å². The second-order valence-corrected chi connectivity index (χ2v) is 7.68. The Bertz CT molecular complexity index is 930. The van der Waals surface area contributed by atoms with E-state index >= 15 is 0 Å². The molecule has 30 heavy (non-hydrogen) atoms. The maximum absolute atomic E-state index is 12.6. The van der Waals surface area contributed by atoms with E-state index in [2.05, 4.69) is 11.4 Å². The zero-order chi connectivity index (χ0) is 20.4. The van der Waals surface area contributed by atoms with Crippen LogP contribution in [0.3, 0.4) is 0 Å². The Labute approximate surface area is 184 Å². The topological polar surface area (TPSA) is 61.8 Å². The van der Waals surface area contributed by atoms with E-state index in [1.165, 1.54) is 0 Å². The zero-order valence-corrected chi connectivity index (χ0v) is 18.2. The molecule has 2 aromatic rings. The minimum absolute atomic E-state index is 0. The van der Waals surface area contributed by atoms with Crippen molar-refractivity contribution in [2.75, 3.05) is 26.2 Å². The van der Waals surface area contributed by atoms with Crippen LogP contribution in [0.15, 0.2) is 48.5 Å². The van der Waals surface area contributed by atoms with Crippen molar-refractivity contribution in [2.45, 2.75) is 32.3 Å². The minimum atomic E-state index is -0.364. The number of carbonyl (C=O) groups excluding carboxylic acids is 1. The molecule has 2 aliphatic heterocycles. The third-order valence-corrected chi connectivity index (χ3v) is 5.94. The molecule has 2 aromatic carbocycles. The Balaban J connectivity index is 0.00000256. The number of hydrogen-bond donors (Lipinski definition) is 2. The van der Waals surface area contributed by atoms with E-state index in [9.17, 15) is 9.90 Å². The number of aromatic hydroxyl groups is 1. The molecule has 1 spiro atoms. The van der Waals surface area contributed by atoms with Gasteiger partial charge in [0.25, 0.3) is 5.91 Å². The molecular formula is C24H28ClN2O3-. The van der Waals surface area contributed by atoms with Crippen LogP contribution in [0.2, 0.25) is 0 Å². The molecule has 160 valence electrons. The Hall–Kier alpha value is -2.50. The molecule has 0 unspecified atom stereocenters. The number of phenols is 1. The van der Waals surface area contributed by atoms with Crippen molar-refractivity contribution in [2.24, 2.45) is 0 Å². The summed E-state index contributed by atoms with van der Waals surface area (Å²) in [5.41, 5.74) is 2.98. The first-order valence-corrected chi connectivity index (χ1v) is 10.4. The molecule has 4 rings (SSSR count). The van der Waals surface area contributed by atoms with E-state index in [1.807, 2.05) is 55.1 Å². The highest BCUT2D eigenvalue weighted by atomic mass is 35.5. The first-order valence-electron chi connectivity index (χ1n) is 10.4. The van der Waals surface area contributed by atoms with E-state index in [0.29, 0.717) is 24.4 Å². The van der Waals surface area contributed by atoms with Crippen LogP contribution in [-0.4, -0.2) is 47.7 Å². The van der Waals surface area contributed by atoms with Crippen LogP contribution < -0.4 is 22.5 Å². The number of amides is 1. The van der Waals surface area contributed by atoms with E-state index in [1.54, 1.807) is 6.07 Å². The van der Waals surface area contributed by atoms with Gasteiger partial charge in [-0.1, -0.05) is 18.2 Å². The van der Waals surface area contributed by atoms with Crippen molar-refractivity contribution in [3.8, 4) is 11.5 Å². The lowest BCUT2D eigenvalue weighted by Crippen LogP contribution is -3.00. The standard InChI is InChI=1S/C24H28N2O3.ClH/c1-3-26(4-2)23(28)18-10-8-17(9-11-18)19-16-24(12-14-25-15-13-24)29-21-7-5-6-20(27)22(19)21;/h5-11,16,25,27H,3-4,12-15H2,1-2H3;1H/p-1. The van der Waals surface area contributed by atoms with Crippen LogP contribution in [-0.2, 0) is 0 Å². The maximum atomic E-state index is 12.6. The average Bonchev–Trinajstić information content (AvgIpc) is 2.74. The van der Waals surface area contributed by atoms with Gasteiger partial charge in [-0.05, 0) is 68.4 Å². The first kappa shape index (κ1) is 22.2. The van der Waals surface area contributed by atoms with Gasteiger partial charge in [-0.25, -0.2) is 0 Å². The molecule has 2 N–H and O–H groups in total. The number of fused-ring (bicyclic) bond motifs is 1. The third-order valence-electron chi connectivity index (χ3n) is 5.94. The van der Waals surface area contributed by atoms with Gasteiger partial charge in [-0.3, -0.25) is 4.79 Å². The Morgan fingerprint density at radius 3 is 2.40 bits per heavy atom. The summed E-state index contributed by atoms with van der Waals surface area (Å²) in [6.07, 6.45) is 3.92. The molecule has 2 aliphatic rings. The van der Waals surface area contributed by atoms with Gasteiger partial charge < -0.3 is 32.5 Å². The normalized spacial score (nSPS) is 16.7. The Morgan fingerprint density at radius 2 is 1.77 bits per heavy atom. The molecule has 0 atom stereocenters. The zero-order valence-electron chi connectivity index (χ0n) is 17.5. The molecule has 6 heteroatoms. The summed E-state index contributed by atoms with van der Waals surface area (Å²) >= 11 is 0. The smallest absolute Gasteiger partial charge is 0.253 e. The number of hydrogen-bond acceptors (Lipinski definition) is 4. The number of piperidine rings is 1. The number of halogens is 1. The van der Waals surface area contributed by atoms with Crippen LogP contribution in [0.4, 0.5) is 0 Å². The molecule has 0 aliphatic carbocycles. The van der Waals surface area contributed by atoms with Crippen LogP contribution >= 0.6 is 0 Å². The van der Waals surface area contributed by atoms with Gasteiger partial charge >= 0.3 is 0 Å². The first-order chi connectivity index (χ1) is 14.1. The summed E-state index contributed by atoms with van der Waals surface area (Å²) in [4.78, 5) is 14.4. The number of ether oxygens (including phenoxy) is 1. The van der Waals surface area contributed by atoms with Gasteiger partial charge in [0.1, 0.15) is 17.1 Å². The van der Waals surface area contributed by atoms with Crippen molar-refractivity contribution in [3.05, 3.63) is 65.2 Å². The highest BCUT2D eigenvalue weighted by Gasteiger charge is 2.38. The largest absolute Gasteiger partial charge is 1.00 e. The number of rotatable bonds is 4. The average molecular weight is 428 g/mol. The number of benzene rings is 2. The van der Waals surface area contributed by atoms with Gasteiger partial charge in [0.15, 0.2) is 0 Å². The summed E-state index contributed by atoms with van der Waals surface area (Å²) in [6.45, 7) is 7.15. The summed E-state index contributed by atoms with van der Waals surface area (Å²) < 4.78 is 6.38. The van der Waals surface area contributed by atoms with Crippen molar-refractivity contribution in [3.63, 3.8) is 0 Å². The SMILES string of the molecule is CCN(CC)C(=O)c1ccc(C2=CC3(CCNCC3)Oc3cccc(O)c32)cc1.[Cl-]. The lowest BCUT2D eigenvalue weighted by atomic mass is 9.83. The lowest BCUT2D eigenvalue weighted by molar-refractivity contribution is -0.0000206. The number of phenolic OH excluding ortho intramolecular Hbond substituents is 1. The minimum Gasteiger partial charge on any atom is -1.00 e. The summed E-state index contributed by atoms with van der Waals surface area (Å²) in [7, 11) is 0. The molecule has 1 fully saturated rings. The van der Waals surface area contributed by atoms with Crippen molar-refractivity contribution >= 4 is 11.5 Å². The van der Waals surface area contributed by atoms with Crippen molar-refractivity contribution in [1.29, 1.82) is 0 Å². The molecule has 1 amide bonds. The van der Waals surface area contributed by atoms with Crippen LogP contribution in [0.5, 0.6) is 11.5 Å². The molecule has 1 saturated heterocycles. The number of nitrogens with zero attached hydrogens (tertiary/aromatic N) is 1. The summed E-state index contributed by atoms with van der Waals surface area (Å²) in [5, 5.41) is 13.9. The molecule has 0 bridgehead atoms. The quantitative estimate of drug-likeness (QED) is 0.758. The van der Waals surface area contributed by atoms with Crippen LogP contribution in [0.25, 0.3) is 5.57 Å². The molecular weight excluding hydrogens is 400 g/mol. The fourth-order valence-corrected chi connectivity index (χ4v) is 4.27. The highest BCUT2D eigenvalue weighted by molar-refractivity contribution is 5.95. The Kier molecular flexibility index (Phi) is 6.74. The van der Waals surface area contributed by atoms with Gasteiger partial charge in [0.05, 0.1) is 5.56 Å². The molecule has 0 aromatic heterocycles. The summed E-state index contributed by atoms with van der Waals surface area (Å²) in [6, 6.07) is 13.1. The second kappa shape index (κ2) is 9.11. The van der Waals surface area contributed by atoms with E-state index < -0.39 is 0 Å². The predicted molar refractivity (Wildman–Crippen MR) is 114 cm³/mol.